The van der Waals surface area contributed by atoms with Crippen LogP contribution in [-0.4, -0.2) is 17.1 Å². The fraction of sp³-hybridized carbons (Fsp3) is 0.333. The van der Waals surface area contributed by atoms with Crippen LogP contribution in [0.1, 0.15) is 42.1 Å². The summed E-state index contributed by atoms with van der Waals surface area (Å²) >= 11 is 3.49. The second-order valence-corrected chi connectivity index (χ2v) is 6.71. The number of phenolic OH excluding ortho intramolecular Hbond substituents is 1. The summed E-state index contributed by atoms with van der Waals surface area (Å²) in [6, 6.07) is 14.9. The summed E-state index contributed by atoms with van der Waals surface area (Å²) in [5.41, 5.74) is 3.86. The lowest BCUT2D eigenvalue weighted by atomic mass is 10.0. The van der Waals surface area contributed by atoms with Crippen LogP contribution in [0.25, 0.3) is 0 Å². The number of fused-ring (bicyclic) bond motifs is 1. The van der Waals surface area contributed by atoms with E-state index in [1.54, 1.807) is 6.07 Å². The Morgan fingerprint density at radius 3 is 2.81 bits per heavy atom. The summed E-state index contributed by atoms with van der Waals surface area (Å²) in [7, 11) is 2.15. The van der Waals surface area contributed by atoms with Crippen molar-refractivity contribution in [1.29, 1.82) is 0 Å². The number of halogens is 1. The molecular formula is C18H20BrNO. The molecule has 0 aromatic heterocycles. The van der Waals surface area contributed by atoms with Gasteiger partial charge >= 0.3 is 0 Å². The van der Waals surface area contributed by atoms with Gasteiger partial charge in [0.1, 0.15) is 5.75 Å². The van der Waals surface area contributed by atoms with E-state index in [0.717, 1.165) is 22.9 Å². The molecule has 0 amide bonds. The van der Waals surface area contributed by atoms with Crippen LogP contribution in [-0.2, 0) is 6.42 Å². The van der Waals surface area contributed by atoms with Crippen LogP contribution in [0, 0.1) is 0 Å². The van der Waals surface area contributed by atoms with Crippen molar-refractivity contribution >= 4 is 15.9 Å². The van der Waals surface area contributed by atoms with Gasteiger partial charge in [-0.1, -0.05) is 40.2 Å². The highest BCUT2D eigenvalue weighted by Gasteiger charge is 2.29. The highest BCUT2D eigenvalue weighted by Crippen LogP contribution is 2.40. The van der Waals surface area contributed by atoms with Gasteiger partial charge < -0.3 is 5.11 Å². The van der Waals surface area contributed by atoms with Gasteiger partial charge in [0.05, 0.1) is 0 Å². The Labute approximate surface area is 134 Å². The summed E-state index contributed by atoms with van der Waals surface area (Å²) in [5, 5.41) is 10.1. The molecule has 2 aromatic carbocycles. The predicted octanol–water partition coefficient (Wildman–Crippen LogP) is 4.84. The minimum atomic E-state index is 0.165. The molecule has 0 heterocycles. The quantitative estimate of drug-likeness (QED) is 0.860. The molecule has 2 unspecified atom stereocenters. The predicted molar refractivity (Wildman–Crippen MR) is 89.5 cm³/mol. The summed E-state index contributed by atoms with van der Waals surface area (Å²) in [6.07, 6.45) is 2.29. The normalized spacial score (nSPS) is 18.8. The monoisotopic (exact) mass is 345 g/mol. The summed E-state index contributed by atoms with van der Waals surface area (Å²) < 4.78 is 1.00. The molecule has 0 radical (unpaired) electrons. The maximum Gasteiger partial charge on any atom is 0.120 e. The van der Waals surface area contributed by atoms with Crippen molar-refractivity contribution in [3.8, 4) is 5.75 Å². The molecule has 2 aromatic rings. The van der Waals surface area contributed by atoms with E-state index >= 15 is 0 Å². The van der Waals surface area contributed by atoms with Crippen LogP contribution < -0.4 is 0 Å². The molecule has 1 aliphatic rings. The Kier molecular flexibility index (Phi) is 4.05. The van der Waals surface area contributed by atoms with Crippen molar-refractivity contribution < 1.29 is 5.11 Å². The van der Waals surface area contributed by atoms with Crippen LogP contribution in [0.4, 0.5) is 0 Å². The van der Waals surface area contributed by atoms with Gasteiger partial charge in [0.15, 0.2) is 0 Å². The van der Waals surface area contributed by atoms with Crippen molar-refractivity contribution in [1.82, 2.24) is 4.90 Å². The van der Waals surface area contributed by atoms with E-state index in [1.165, 1.54) is 11.1 Å². The molecule has 1 aliphatic carbocycles. The lowest BCUT2D eigenvalue weighted by molar-refractivity contribution is 0.182. The van der Waals surface area contributed by atoms with Crippen molar-refractivity contribution in [3.63, 3.8) is 0 Å². The molecule has 0 bridgehead atoms. The van der Waals surface area contributed by atoms with Gasteiger partial charge in [-0.2, -0.15) is 0 Å². The smallest absolute Gasteiger partial charge is 0.120 e. The Hall–Kier alpha value is -1.32. The molecule has 3 heteroatoms. The number of benzene rings is 2. The van der Waals surface area contributed by atoms with Gasteiger partial charge in [-0.05, 0) is 56.1 Å². The second kappa shape index (κ2) is 5.82. The average molecular weight is 346 g/mol. The van der Waals surface area contributed by atoms with Gasteiger partial charge in [-0.15, -0.1) is 0 Å². The molecule has 2 atom stereocenters. The van der Waals surface area contributed by atoms with Crippen molar-refractivity contribution in [2.24, 2.45) is 0 Å². The molecule has 1 N–H and O–H groups in total. The third-order valence-corrected chi connectivity index (χ3v) is 5.14. The first-order chi connectivity index (χ1) is 10.1. The standard InChI is InChI=1S/C18H20BrNO/c1-12(16-11-14(19)8-10-18(16)21)20(2)17-9-7-13-5-3-4-6-15(13)17/h3-6,8,10-12,17,21H,7,9H2,1-2H3. The number of aryl methyl sites for hydroxylation is 1. The fourth-order valence-electron chi connectivity index (χ4n) is 3.31. The van der Waals surface area contributed by atoms with E-state index in [1.807, 2.05) is 12.1 Å². The van der Waals surface area contributed by atoms with E-state index < -0.39 is 0 Å². The summed E-state index contributed by atoms with van der Waals surface area (Å²) in [6.45, 7) is 2.16. The van der Waals surface area contributed by atoms with E-state index in [2.05, 4.69) is 59.1 Å². The van der Waals surface area contributed by atoms with E-state index in [0.29, 0.717) is 11.8 Å². The molecule has 0 fully saturated rings. The first kappa shape index (κ1) is 14.6. The Morgan fingerprint density at radius 1 is 1.24 bits per heavy atom. The summed E-state index contributed by atoms with van der Waals surface area (Å²) in [4.78, 5) is 2.37. The molecule has 0 spiro atoms. The molecule has 21 heavy (non-hydrogen) atoms. The number of nitrogens with zero attached hydrogens (tertiary/aromatic N) is 1. The highest BCUT2D eigenvalue weighted by atomic mass is 79.9. The lowest BCUT2D eigenvalue weighted by Crippen LogP contribution is -2.26. The van der Waals surface area contributed by atoms with Gasteiger partial charge in [0, 0.05) is 22.1 Å². The molecular weight excluding hydrogens is 326 g/mol. The lowest BCUT2D eigenvalue weighted by Gasteiger charge is -2.32. The largest absolute Gasteiger partial charge is 0.508 e. The Morgan fingerprint density at radius 2 is 2.00 bits per heavy atom. The average Bonchev–Trinajstić information content (AvgIpc) is 2.92. The first-order valence-electron chi connectivity index (χ1n) is 7.36. The third-order valence-electron chi connectivity index (χ3n) is 4.64. The van der Waals surface area contributed by atoms with Crippen LogP contribution in [0.3, 0.4) is 0 Å². The van der Waals surface area contributed by atoms with E-state index in [9.17, 15) is 5.11 Å². The molecule has 110 valence electrons. The maximum absolute atomic E-state index is 10.1. The van der Waals surface area contributed by atoms with Gasteiger partial charge in [0.25, 0.3) is 0 Å². The number of phenols is 1. The second-order valence-electron chi connectivity index (χ2n) is 5.80. The zero-order valence-corrected chi connectivity index (χ0v) is 14.0. The fourth-order valence-corrected chi connectivity index (χ4v) is 3.69. The molecule has 0 saturated carbocycles. The van der Waals surface area contributed by atoms with Crippen LogP contribution >= 0.6 is 15.9 Å². The zero-order valence-electron chi connectivity index (χ0n) is 12.4. The SMILES string of the molecule is CC(c1cc(Br)ccc1O)N(C)C1CCc2ccccc21. The van der Waals surface area contributed by atoms with E-state index in [-0.39, 0.29) is 6.04 Å². The third kappa shape index (κ3) is 2.72. The number of hydrogen-bond donors (Lipinski definition) is 1. The molecule has 0 aliphatic heterocycles. The number of aromatic hydroxyl groups is 1. The van der Waals surface area contributed by atoms with Crippen molar-refractivity contribution in [3.05, 3.63) is 63.6 Å². The minimum Gasteiger partial charge on any atom is -0.508 e. The Balaban J connectivity index is 1.89. The van der Waals surface area contributed by atoms with Gasteiger partial charge in [-0.25, -0.2) is 0 Å². The van der Waals surface area contributed by atoms with E-state index in [4.69, 9.17) is 0 Å². The zero-order chi connectivity index (χ0) is 15.0. The highest BCUT2D eigenvalue weighted by molar-refractivity contribution is 9.10. The number of rotatable bonds is 3. The Bertz CT molecular complexity index is 655. The number of hydrogen-bond acceptors (Lipinski definition) is 2. The van der Waals surface area contributed by atoms with Crippen LogP contribution in [0.2, 0.25) is 0 Å². The van der Waals surface area contributed by atoms with Crippen LogP contribution in [0.15, 0.2) is 46.9 Å². The van der Waals surface area contributed by atoms with Crippen LogP contribution in [0.5, 0.6) is 5.75 Å². The first-order valence-corrected chi connectivity index (χ1v) is 8.15. The molecule has 3 rings (SSSR count). The maximum atomic E-state index is 10.1. The van der Waals surface area contributed by atoms with Crippen molar-refractivity contribution in [2.45, 2.75) is 31.8 Å². The summed E-state index contributed by atoms with van der Waals surface area (Å²) in [5.74, 6) is 0.365. The molecule has 0 saturated heterocycles. The minimum absolute atomic E-state index is 0.165. The molecule has 2 nitrogen and oxygen atoms in total. The van der Waals surface area contributed by atoms with Crippen molar-refractivity contribution in [2.75, 3.05) is 7.05 Å². The topological polar surface area (TPSA) is 23.5 Å². The van der Waals surface area contributed by atoms with Gasteiger partial charge in [-0.3, -0.25) is 4.90 Å². The van der Waals surface area contributed by atoms with Gasteiger partial charge in [0.2, 0.25) is 0 Å².